The first kappa shape index (κ1) is 19.1. The highest BCUT2D eigenvalue weighted by molar-refractivity contribution is 9.15. The van der Waals surface area contributed by atoms with Crippen LogP contribution in [0.5, 0.6) is 0 Å². The monoisotopic (exact) mass is 572 g/mol. The molecule has 1 aromatic carbocycles. The molecule has 0 saturated heterocycles. The molecule has 0 saturated carbocycles. The standard InChI is InChI=1S/C14H11Br4NO4/c1-4(2)3-5(14(22)23)19-12(20)6-7(13(19)21)9(16)11(18)10(17)8(6)15/h4-5H,3H2,1-2H3,(H,22,23)/p-1. The highest BCUT2D eigenvalue weighted by atomic mass is 79.9. The molecule has 1 unspecified atom stereocenters. The zero-order chi connectivity index (χ0) is 17.6. The lowest BCUT2D eigenvalue weighted by molar-refractivity contribution is -0.310. The van der Waals surface area contributed by atoms with Crippen LogP contribution in [0.15, 0.2) is 17.9 Å². The van der Waals surface area contributed by atoms with Crippen LogP contribution in [-0.2, 0) is 4.79 Å². The molecule has 1 aliphatic heterocycles. The molecule has 1 heterocycles. The zero-order valence-electron chi connectivity index (χ0n) is 12.0. The van der Waals surface area contributed by atoms with Crippen molar-refractivity contribution >= 4 is 81.5 Å². The summed E-state index contributed by atoms with van der Waals surface area (Å²) in [5.41, 5.74) is 0.263. The number of carbonyl (C=O) groups excluding carboxylic acids is 3. The Labute approximate surface area is 166 Å². The highest BCUT2D eigenvalue weighted by Crippen LogP contribution is 2.45. The molecule has 1 atom stereocenters. The Hall–Kier alpha value is -0.250. The van der Waals surface area contributed by atoms with Crippen molar-refractivity contribution in [2.45, 2.75) is 26.3 Å². The summed E-state index contributed by atoms with van der Waals surface area (Å²) >= 11 is 13.2. The summed E-state index contributed by atoms with van der Waals surface area (Å²) in [7, 11) is 0. The summed E-state index contributed by atoms with van der Waals surface area (Å²) in [5, 5.41) is 11.5. The quantitative estimate of drug-likeness (QED) is 0.313. The predicted octanol–water partition coefficient (Wildman–Crippen LogP) is 3.50. The van der Waals surface area contributed by atoms with Crippen molar-refractivity contribution in [1.29, 1.82) is 0 Å². The van der Waals surface area contributed by atoms with Crippen LogP contribution in [0, 0.1) is 5.92 Å². The van der Waals surface area contributed by atoms with Crippen molar-refractivity contribution in [3.8, 4) is 0 Å². The van der Waals surface area contributed by atoms with Crippen LogP contribution < -0.4 is 5.11 Å². The Morgan fingerprint density at radius 1 is 0.957 bits per heavy atom. The van der Waals surface area contributed by atoms with Crippen LogP contribution in [0.4, 0.5) is 0 Å². The minimum absolute atomic E-state index is 0.0208. The van der Waals surface area contributed by atoms with E-state index in [0.717, 1.165) is 4.90 Å². The fourth-order valence-corrected chi connectivity index (χ4v) is 4.86. The Balaban J connectivity index is 2.64. The summed E-state index contributed by atoms with van der Waals surface area (Å²) < 4.78 is 1.90. The number of hydrogen-bond donors (Lipinski definition) is 0. The maximum absolute atomic E-state index is 12.7. The largest absolute Gasteiger partial charge is 0.548 e. The van der Waals surface area contributed by atoms with E-state index in [1.807, 2.05) is 13.8 Å². The maximum atomic E-state index is 12.7. The molecule has 0 aromatic heterocycles. The Morgan fingerprint density at radius 2 is 1.35 bits per heavy atom. The first-order valence-electron chi connectivity index (χ1n) is 6.54. The third kappa shape index (κ3) is 3.17. The molecule has 5 nitrogen and oxygen atoms in total. The molecule has 124 valence electrons. The van der Waals surface area contributed by atoms with E-state index in [1.165, 1.54) is 0 Å². The number of nitrogens with zero attached hydrogens (tertiary/aromatic N) is 1. The van der Waals surface area contributed by atoms with Crippen molar-refractivity contribution in [1.82, 2.24) is 4.90 Å². The van der Waals surface area contributed by atoms with Crippen LogP contribution in [0.3, 0.4) is 0 Å². The van der Waals surface area contributed by atoms with Gasteiger partial charge in [0, 0.05) is 17.9 Å². The lowest BCUT2D eigenvalue weighted by atomic mass is 10.0. The van der Waals surface area contributed by atoms with Crippen LogP contribution in [0.25, 0.3) is 0 Å². The number of amides is 2. The molecule has 9 heteroatoms. The van der Waals surface area contributed by atoms with Crippen molar-refractivity contribution in [3.63, 3.8) is 0 Å². The molecule has 0 bridgehead atoms. The second-order valence-corrected chi connectivity index (χ2v) is 8.62. The van der Waals surface area contributed by atoms with Gasteiger partial charge in [0.15, 0.2) is 0 Å². The first-order chi connectivity index (χ1) is 10.6. The maximum Gasteiger partial charge on any atom is 0.263 e. The summed E-state index contributed by atoms with van der Waals surface area (Å²) in [6, 6.07) is -1.31. The van der Waals surface area contributed by atoms with Gasteiger partial charge in [0.2, 0.25) is 0 Å². The summed E-state index contributed by atoms with van der Waals surface area (Å²) in [6.07, 6.45) is 0.130. The first-order valence-corrected chi connectivity index (χ1v) is 9.71. The third-order valence-electron chi connectivity index (χ3n) is 3.41. The number of benzene rings is 1. The lowest BCUT2D eigenvalue weighted by Gasteiger charge is -2.28. The number of carboxylic acids is 1. The van der Waals surface area contributed by atoms with Crippen LogP contribution in [0.2, 0.25) is 0 Å². The van der Waals surface area contributed by atoms with E-state index in [1.54, 1.807) is 0 Å². The summed E-state index contributed by atoms with van der Waals surface area (Å²) in [4.78, 5) is 37.6. The highest BCUT2D eigenvalue weighted by Gasteiger charge is 2.44. The van der Waals surface area contributed by atoms with Gasteiger partial charge in [0.1, 0.15) is 0 Å². The van der Waals surface area contributed by atoms with Gasteiger partial charge in [-0.2, -0.15) is 0 Å². The topological polar surface area (TPSA) is 77.5 Å². The number of halogens is 4. The molecule has 0 spiro atoms. The van der Waals surface area contributed by atoms with Crippen molar-refractivity contribution in [2.24, 2.45) is 5.92 Å². The third-order valence-corrected chi connectivity index (χ3v) is 8.18. The number of aliphatic carboxylic acids is 1. The predicted molar refractivity (Wildman–Crippen MR) is 96.0 cm³/mol. The van der Waals surface area contributed by atoms with E-state index in [0.29, 0.717) is 17.9 Å². The molecule has 1 aliphatic rings. The molecular formula is C14H10Br4NO4-. The SMILES string of the molecule is CC(C)CC(C(=O)[O-])N1C(=O)c2c(Br)c(Br)c(Br)c(Br)c2C1=O. The van der Waals surface area contributed by atoms with Gasteiger partial charge in [0.05, 0.1) is 23.1 Å². The minimum Gasteiger partial charge on any atom is -0.548 e. The Bertz CT molecular complexity index is 685. The second-order valence-electron chi connectivity index (χ2n) is 5.45. The fourth-order valence-electron chi connectivity index (χ4n) is 2.40. The van der Waals surface area contributed by atoms with Gasteiger partial charge in [-0.25, -0.2) is 0 Å². The molecule has 2 amide bonds. The van der Waals surface area contributed by atoms with E-state index in [4.69, 9.17) is 0 Å². The molecule has 2 rings (SSSR count). The summed E-state index contributed by atoms with van der Waals surface area (Å²) in [5.74, 6) is -2.77. The van der Waals surface area contributed by atoms with E-state index >= 15 is 0 Å². The lowest BCUT2D eigenvalue weighted by Crippen LogP contribution is -2.51. The van der Waals surface area contributed by atoms with Gasteiger partial charge < -0.3 is 9.90 Å². The molecule has 0 N–H and O–H groups in total. The van der Waals surface area contributed by atoms with E-state index in [9.17, 15) is 19.5 Å². The van der Waals surface area contributed by atoms with E-state index in [-0.39, 0.29) is 23.5 Å². The Morgan fingerprint density at radius 3 is 1.65 bits per heavy atom. The fraction of sp³-hybridized carbons (Fsp3) is 0.357. The molecule has 0 fully saturated rings. The molecule has 0 radical (unpaired) electrons. The number of carbonyl (C=O) groups is 3. The second kappa shape index (κ2) is 6.93. The average Bonchev–Trinajstić information content (AvgIpc) is 2.71. The Kier molecular flexibility index (Phi) is 5.75. The number of imide groups is 1. The number of fused-ring (bicyclic) bond motifs is 1. The normalized spacial score (nSPS) is 15.3. The van der Waals surface area contributed by atoms with Crippen LogP contribution in [-0.4, -0.2) is 28.7 Å². The van der Waals surface area contributed by atoms with Gasteiger partial charge in [0.25, 0.3) is 11.8 Å². The van der Waals surface area contributed by atoms with Crippen LogP contribution in [0.1, 0.15) is 41.0 Å². The molecule has 1 aromatic rings. The smallest absolute Gasteiger partial charge is 0.263 e. The van der Waals surface area contributed by atoms with E-state index in [2.05, 4.69) is 63.7 Å². The number of carboxylic acid groups (broad SMARTS) is 1. The van der Waals surface area contributed by atoms with Crippen molar-refractivity contribution < 1.29 is 19.5 Å². The minimum atomic E-state index is -1.45. The molecule has 0 aliphatic carbocycles. The molecular weight excluding hydrogens is 566 g/mol. The zero-order valence-corrected chi connectivity index (χ0v) is 18.3. The molecule has 23 heavy (non-hydrogen) atoms. The van der Waals surface area contributed by atoms with Gasteiger partial charge in [-0.05, 0) is 76.1 Å². The van der Waals surface area contributed by atoms with Crippen molar-refractivity contribution in [3.05, 3.63) is 29.0 Å². The summed E-state index contributed by atoms with van der Waals surface area (Å²) in [6.45, 7) is 3.63. The van der Waals surface area contributed by atoms with Gasteiger partial charge in [-0.1, -0.05) is 13.8 Å². The van der Waals surface area contributed by atoms with Gasteiger partial charge in [-0.15, -0.1) is 0 Å². The van der Waals surface area contributed by atoms with Crippen LogP contribution >= 0.6 is 63.7 Å². The van der Waals surface area contributed by atoms with Gasteiger partial charge in [-0.3, -0.25) is 14.5 Å². The average molecular weight is 576 g/mol. The number of rotatable bonds is 4. The number of hydrogen-bond acceptors (Lipinski definition) is 4. The van der Waals surface area contributed by atoms with Gasteiger partial charge >= 0.3 is 0 Å². The van der Waals surface area contributed by atoms with Crippen molar-refractivity contribution in [2.75, 3.05) is 0 Å². The van der Waals surface area contributed by atoms with E-state index < -0.39 is 23.8 Å².